The minimum Gasteiger partial charge on any atom is -0.497 e. The molecule has 136 valence electrons. The normalized spacial score (nSPS) is 17.7. The van der Waals surface area contributed by atoms with Gasteiger partial charge in [0.25, 0.3) is 0 Å². The summed E-state index contributed by atoms with van der Waals surface area (Å²) in [4.78, 5) is 17.9. The number of amides is 2. The van der Waals surface area contributed by atoms with Gasteiger partial charge in [-0.15, -0.1) is 0 Å². The van der Waals surface area contributed by atoms with Crippen LogP contribution in [0.25, 0.3) is 10.9 Å². The van der Waals surface area contributed by atoms with Crippen molar-refractivity contribution in [2.24, 2.45) is 0 Å². The monoisotopic (exact) mass is 345 g/mol. The van der Waals surface area contributed by atoms with Crippen molar-refractivity contribution in [2.45, 2.75) is 38.3 Å². The molecule has 0 radical (unpaired) electrons. The third-order valence-electron chi connectivity index (χ3n) is 4.86. The van der Waals surface area contributed by atoms with Crippen molar-refractivity contribution in [3.05, 3.63) is 30.0 Å². The third-order valence-corrected chi connectivity index (χ3v) is 4.86. The van der Waals surface area contributed by atoms with Crippen molar-refractivity contribution in [3.8, 4) is 5.75 Å². The lowest BCUT2D eigenvalue weighted by Crippen LogP contribution is -2.48. The number of piperidine rings is 1. The van der Waals surface area contributed by atoms with Crippen molar-refractivity contribution in [1.29, 1.82) is 0 Å². The van der Waals surface area contributed by atoms with Gasteiger partial charge in [0, 0.05) is 42.9 Å². The van der Waals surface area contributed by atoms with E-state index in [1.165, 1.54) is 6.42 Å². The predicted molar refractivity (Wildman–Crippen MR) is 97.9 cm³/mol. The summed E-state index contributed by atoms with van der Waals surface area (Å²) in [5, 5.41) is 4.13. The number of nitrogens with zero attached hydrogens (tertiary/aromatic N) is 1. The van der Waals surface area contributed by atoms with Crippen LogP contribution in [0.1, 0.15) is 31.4 Å². The molecule has 1 aromatic carbocycles. The van der Waals surface area contributed by atoms with Crippen LogP contribution in [-0.2, 0) is 11.3 Å². The zero-order chi connectivity index (χ0) is 17.6. The summed E-state index contributed by atoms with van der Waals surface area (Å²) in [5.41, 5.74) is 2.03. The number of likely N-dealkylation sites (tertiary alicyclic amines) is 1. The number of fused-ring (bicyclic) bond motifs is 1. The fourth-order valence-corrected chi connectivity index (χ4v) is 3.49. The van der Waals surface area contributed by atoms with Gasteiger partial charge in [-0.3, -0.25) is 0 Å². The molecule has 2 heterocycles. The van der Waals surface area contributed by atoms with E-state index in [4.69, 9.17) is 9.47 Å². The summed E-state index contributed by atoms with van der Waals surface area (Å²) in [7, 11) is 3.37. The van der Waals surface area contributed by atoms with E-state index in [0.717, 1.165) is 48.2 Å². The summed E-state index contributed by atoms with van der Waals surface area (Å²) in [6.45, 7) is 2.01. The number of benzene rings is 1. The van der Waals surface area contributed by atoms with Gasteiger partial charge in [0.2, 0.25) is 0 Å². The molecule has 0 aliphatic carbocycles. The van der Waals surface area contributed by atoms with Crippen LogP contribution in [-0.4, -0.2) is 49.3 Å². The topological polar surface area (TPSA) is 66.6 Å². The predicted octanol–water partition coefficient (Wildman–Crippen LogP) is 3.28. The average molecular weight is 345 g/mol. The highest BCUT2D eigenvalue weighted by Crippen LogP contribution is 2.22. The molecule has 0 saturated carbocycles. The second-order valence-electron chi connectivity index (χ2n) is 6.53. The first-order valence-corrected chi connectivity index (χ1v) is 8.90. The molecule has 6 heteroatoms. The highest BCUT2D eigenvalue weighted by Gasteiger charge is 2.26. The number of aromatic nitrogens is 1. The highest BCUT2D eigenvalue weighted by molar-refractivity contribution is 5.82. The minimum absolute atomic E-state index is 0.0111. The maximum absolute atomic E-state index is 12.6. The number of urea groups is 1. The van der Waals surface area contributed by atoms with Gasteiger partial charge < -0.3 is 24.7 Å². The lowest BCUT2D eigenvalue weighted by molar-refractivity contribution is 0.116. The Morgan fingerprint density at radius 2 is 2.20 bits per heavy atom. The first kappa shape index (κ1) is 17.6. The molecule has 1 saturated heterocycles. The molecule has 1 atom stereocenters. The van der Waals surface area contributed by atoms with Crippen LogP contribution in [0.4, 0.5) is 4.79 Å². The number of carbonyl (C=O) groups is 1. The quantitative estimate of drug-likeness (QED) is 0.844. The Hall–Kier alpha value is -2.21. The standard InChI is InChI=1S/C19H27N3O3/c1-24-10-8-16-5-3-4-9-22(16)19(23)20-13-15-11-14-12-17(25-2)6-7-18(14)21-15/h6-7,11-12,16,21H,3-5,8-10,13H2,1-2H3,(H,20,23). The summed E-state index contributed by atoms with van der Waals surface area (Å²) in [6.07, 6.45) is 4.21. The average Bonchev–Trinajstić information content (AvgIpc) is 3.06. The molecule has 1 aliphatic rings. The Labute approximate surface area is 148 Å². The molecule has 3 rings (SSSR count). The van der Waals surface area contributed by atoms with E-state index in [0.29, 0.717) is 13.2 Å². The maximum Gasteiger partial charge on any atom is 0.317 e. The van der Waals surface area contributed by atoms with Crippen LogP contribution in [0.15, 0.2) is 24.3 Å². The fraction of sp³-hybridized carbons (Fsp3) is 0.526. The lowest BCUT2D eigenvalue weighted by atomic mass is 10.00. The van der Waals surface area contributed by atoms with Crippen LogP contribution >= 0.6 is 0 Å². The molecular weight excluding hydrogens is 318 g/mol. The van der Waals surface area contributed by atoms with Crippen LogP contribution in [0.2, 0.25) is 0 Å². The van der Waals surface area contributed by atoms with E-state index in [1.54, 1.807) is 14.2 Å². The van der Waals surface area contributed by atoms with Crippen LogP contribution in [0.3, 0.4) is 0 Å². The van der Waals surface area contributed by atoms with Crippen LogP contribution in [0.5, 0.6) is 5.75 Å². The van der Waals surface area contributed by atoms with Gasteiger partial charge in [-0.1, -0.05) is 0 Å². The minimum atomic E-state index is 0.0111. The number of nitrogens with one attached hydrogen (secondary N) is 2. The highest BCUT2D eigenvalue weighted by atomic mass is 16.5. The molecule has 1 fully saturated rings. The van der Waals surface area contributed by atoms with E-state index in [1.807, 2.05) is 23.1 Å². The van der Waals surface area contributed by atoms with Gasteiger partial charge >= 0.3 is 6.03 Å². The van der Waals surface area contributed by atoms with E-state index < -0.39 is 0 Å². The van der Waals surface area contributed by atoms with Crippen LogP contribution < -0.4 is 10.1 Å². The van der Waals surface area contributed by atoms with Gasteiger partial charge in [0.05, 0.1) is 13.7 Å². The smallest absolute Gasteiger partial charge is 0.317 e. The summed E-state index contributed by atoms with van der Waals surface area (Å²) in [5.74, 6) is 0.830. The Morgan fingerprint density at radius 3 is 3.00 bits per heavy atom. The van der Waals surface area contributed by atoms with E-state index in [-0.39, 0.29) is 12.1 Å². The molecule has 1 unspecified atom stereocenters. The number of methoxy groups -OCH3 is 2. The molecular formula is C19H27N3O3. The fourth-order valence-electron chi connectivity index (χ4n) is 3.49. The largest absolute Gasteiger partial charge is 0.497 e. The molecule has 0 spiro atoms. The first-order chi connectivity index (χ1) is 12.2. The summed E-state index contributed by atoms with van der Waals surface area (Å²) < 4.78 is 10.4. The molecule has 25 heavy (non-hydrogen) atoms. The number of ether oxygens (including phenoxy) is 2. The van der Waals surface area contributed by atoms with Crippen molar-refractivity contribution in [2.75, 3.05) is 27.4 Å². The van der Waals surface area contributed by atoms with Crippen molar-refractivity contribution in [3.63, 3.8) is 0 Å². The lowest BCUT2D eigenvalue weighted by Gasteiger charge is -2.35. The van der Waals surface area contributed by atoms with Crippen molar-refractivity contribution in [1.82, 2.24) is 15.2 Å². The second kappa shape index (κ2) is 8.25. The molecule has 2 amide bonds. The number of hydrogen-bond acceptors (Lipinski definition) is 3. The Bertz CT molecular complexity index is 713. The number of rotatable bonds is 6. The molecule has 0 bridgehead atoms. The summed E-state index contributed by atoms with van der Waals surface area (Å²) in [6, 6.07) is 8.25. The van der Waals surface area contributed by atoms with E-state index >= 15 is 0 Å². The van der Waals surface area contributed by atoms with Gasteiger partial charge in [0.15, 0.2) is 0 Å². The Balaban J connectivity index is 1.60. The molecule has 1 aliphatic heterocycles. The van der Waals surface area contributed by atoms with Crippen molar-refractivity contribution < 1.29 is 14.3 Å². The van der Waals surface area contributed by atoms with Crippen LogP contribution in [0, 0.1) is 0 Å². The third kappa shape index (κ3) is 4.25. The first-order valence-electron chi connectivity index (χ1n) is 8.90. The van der Waals surface area contributed by atoms with Gasteiger partial charge in [-0.2, -0.15) is 0 Å². The van der Waals surface area contributed by atoms with E-state index in [2.05, 4.69) is 16.4 Å². The molecule has 2 aromatic rings. The van der Waals surface area contributed by atoms with Gasteiger partial charge in [0.1, 0.15) is 5.75 Å². The van der Waals surface area contributed by atoms with Crippen molar-refractivity contribution >= 4 is 16.9 Å². The Morgan fingerprint density at radius 1 is 1.32 bits per heavy atom. The SMILES string of the molecule is COCCC1CCCCN1C(=O)NCc1cc2cc(OC)ccc2[nH]1. The Kier molecular flexibility index (Phi) is 5.81. The van der Waals surface area contributed by atoms with E-state index in [9.17, 15) is 4.79 Å². The number of aromatic amines is 1. The van der Waals surface area contributed by atoms with Gasteiger partial charge in [-0.25, -0.2) is 4.79 Å². The number of hydrogen-bond donors (Lipinski definition) is 2. The maximum atomic E-state index is 12.6. The summed E-state index contributed by atoms with van der Waals surface area (Å²) >= 11 is 0. The molecule has 2 N–H and O–H groups in total. The number of H-pyrrole nitrogens is 1. The second-order valence-corrected chi connectivity index (χ2v) is 6.53. The molecule has 6 nitrogen and oxygen atoms in total. The zero-order valence-corrected chi connectivity index (χ0v) is 15.0. The molecule has 1 aromatic heterocycles. The zero-order valence-electron chi connectivity index (χ0n) is 15.0. The van der Waals surface area contributed by atoms with Gasteiger partial charge in [-0.05, 0) is 49.9 Å². The number of carbonyl (C=O) groups excluding carboxylic acids is 1.